The first-order chi connectivity index (χ1) is 13.0. The van der Waals surface area contributed by atoms with Crippen LogP contribution < -0.4 is 47.9 Å². The van der Waals surface area contributed by atoms with Gasteiger partial charge in [-0.05, 0) is 13.3 Å². The van der Waals surface area contributed by atoms with Crippen LogP contribution in [-0.2, 0) is 9.59 Å². The number of nitrogens with zero attached hydrogens (tertiary/aromatic N) is 3. The Labute approximate surface area is 215 Å². The molecule has 0 spiro atoms. The maximum Gasteiger partial charge on any atom is 0.275 e. The molecule has 2 amide bonds. The third-order valence-electron chi connectivity index (χ3n) is 4.05. The molecule has 3 N–H and O–H groups in total. The van der Waals surface area contributed by atoms with Crippen molar-refractivity contribution < 1.29 is 65.6 Å². The van der Waals surface area contributed by atoms with Crippen LogP contribution in [0.2, 0.25) is 0 Å². The van der Waals surface area contributed by atoms with Crippen LogP contribution in [0.1, 0.15) is 26.7 Å². The van der Waals surface area contributed by atoms with Crippen LogP contribution in [0.3, 0.4) is 0 Å². The third kappa shape index (κ3) is 31.6. The first kappa shape index (κ1) is 41.6. The standard InChI is InChI=1S/C18H36N4O2.C3H10NO.3ClH/c1-8-12-21(4,5)14-11-19-17(23)15-22(6,7)13-9-10-20-18(24)16(2)3;1-4(2,3)5;;;/h2,8-15H2,1,3-7H3;5H,1-3H3;3*1H/q;+1;;;/p-1. The van der Waals surface area contributed by atoms with E-state index in [9.17, 15) is 9.59 Å². The largest absolute Gasteiger partial charge is 1.00 e. The Morgan fingerprint density at radius 1 is 0.812 bits per heavy atom. The van der Waals surface area contributed by atoms with Crippen LogP contribution in [0.15, 0.2) is 12.2 Å². The van der Waals surface area contributed by atoms with E-state index in [4.69, 9.17) is 5.21 Å². The van der Waals surface area contributed by atoms with Crippen molar-refractivity contribution in [2.45, 2.75) is 26.7 Å². The van der Waals surface area contributed by atoms with Gasteiger partial charge >= 0.3 is 0 Å². The van der Waals surface area contributed by atoms with E-state index in [2.05, 4.69) is 38.2 Å². The average molecular weight is 525 g/mol. The number of nitrogens with one attached hydrogen (secondary N) is 2. The van der Waals surface area contributed by atoms with Gasteiger partial charge in [-0.3, -0.25) is 9.59 Å². The number of carbonyl (C=O) groups excluding carboxylic acids is 2. The zero-order chi connectivity index (χ0) is 23.3. The number of hydrogen-bond donors (Lipinski definition) is 3. The Bertz CT molecular complexity index is 519. The molecule has 0 fully saturated rings. The summed E-state index contributed by atoms with van der Waals surface area (Å²) in [6.45, 7) is 12.2. The molecule has 0 atom stereocenters. The summed E-state index contributed by atoms with van der Waals surface area (Å²) in [4.78, 5) is 23.5. The maximum atomic E-state index is 12.1. The smallest absolute Gasteiger partial charge is 0.275 e. The van der Waals surface area contributed by atoms with Crippen molar-refractivity contribution in [2.24, 2.45) is 0 Å². The first-order valence-corrected chi connectivity index (χ1v) is 10.4. The number of rotatable bonds is 12. The van der Waals surface area contributed by atoms with Gasteiger partial charge in [0.05, 0.1) is 75.5 Å². The fourth-order valence-corrected chi connectivity index (χ4v) is 2.60. The van der Waals surface area contributed by atoms with Crippen molar-refractivity contribution in [3.8, 4) is 0 Å². The molecule has 0 aromatic heterocycles. The van der Waals surface area contributed by atoms with Gasteiger partial charge in [0.2, 0.25) is 5.91 Å². The average Bonchev–Trinajstić information content (AvgIpc) is 2.48. The molecule has 0 aliphatic heterocycles. The Morgan fingerprint density at radius 2 is 1.28 bits per heavy atom. The number of quaternary nitrogens is 3. The summed E-state index contributed by atoms with van der Waals surface area (Å²) in [6.07, 6.45) is 1.98. The van der Waals surface area contributed by atoms with Crippen LogP contribution in [0, 0.1) is 0 Å². The zero-order valence-electron chi connectivity index (χ0n) is 21.6. The highest BCUT2D eigenvalue weighted by molar-refractivity contribution is 5.91. The molecule has 0 aromatic rings. The second-order valence-electron chi connectivity index (χ2n) is 9.88. The quantitative estimate of drug-likeness (QED) is 0.103. The number of carbonyl (C=O) groups is 2. The van der Waals surface area contributed by atoms with Gasteiger partial charge in [-0.1, -0.05) is 13.5 Å². The van der Waals surface area contributed by atoms with Crippen molar-refractivity contribution in [1.82, 2.24) is 10.6 Å². The molecule has 0 aliphatic carbocycles. The third-order valence-corrected chi connectivity index (χ3v) is 4.05. The van der Waals surface area contributed by atoms with E-state index >= 15 is 0 Å². The molecule has 0 saturated heterocycles. The Morgan fingerprint density at radius 3 is 1.69 bits per heavy atom. The Balaban J connectivity index is -0.000000272. The van der Waals surface area contributed by atoms with Crippen LogP contribution >= 0.6 is 0 Å². The van der Waals surface area contributed by atoms with Gasteiger partial charge < -0.3 is 56.8 Å². The number of likely N-dealkylation sites (N-methyl/N-ethyl adjacent to an activating group) is 2. The van der Waals surface area contributed by atoms with Gasteiger partial charge in [0.15, 0.2) is 6.54 Å². The van der Waals surface area contributed by atoms with E-state index < -0.39 is 0 Å². The molecule has 0 heterocycles. The molecule has 0 saturated carbocycles. The highest BCUT2D eigenvalue weighted by Gasteiger charge is 2.20. The zero-order valence-corrected chi connectivity index (χ0v) is 23.9. The summed E-state index contributed by atoms with van der Waals surface area (Å²) in [6, 6.07) is 0. The monoisotopic (exact) mass is 523 g/mol. The van der Waals surface area contributed by atoms with Crippen LogP contribution in [-0.4, -0.2) is 119 Å². The highest BCUT2D eigenvalue weighted by atomic mass is 35.5. The highest BCUT2D eigenvalue weighted by Crippen LogP contribution is 2.00. The first-order valence-electron chi connectivity index (χ1n) is 10.4. The summed E-state index contributed by atoms with van der Waals surface area (Å²) >= 11 is 0. The lowest BCUT2D eigenvalue weighted by Crippen LogP contribution is -3.00. The summed E-state index contributed by atoms with van der Waals surface area (Å²) in [7, 11) is 13.5. The molecule has 0 radical (unpaired) electrons. The Kier molecular flexibility index (Phi) is 25.8. The molecular weight excluding hydrogens is 477 g/mol. The number of hydrogen-bond acceptors (Lipinski definition) is 3. The number of amides is 2. The molecule has 196 valence electrons. The van der Waals surface area contributed by atoms with Crippen molar-refractivity contribution in [2.75, 3.05) is 88.6 Å². The predicted octanol–water partition coefficient (Wildman–Crippen LogP) is -8.16. The van der Waals surface area contributed by atoms with Crippen LogP contribution in [0.25, 0.3) is 0 Å². The van der Waals surface area contributed by atoms with Crippen molar-refractivity contribution in [3.63, 3.8) is 0 Å². The lowest BCUT2D eigenvalue weighted by atomic mass is 10.3. The minimum absolute atomic E-state index is 0. The fourth-order valence-electron chi connectivity index (χ4n) is 2.60. The van der Waals surface area contributed by atoms with Crippen molar-refractivity contribution in [1.29, 1.82) is 0 Å². The van der Waals surface area contributed by atoms with Gasteiger partial charge in [-0.2, -0.15) is 4.65 Å². The normalized spacial score (nSPS) is 10.8. The van der Waals surface area contributed by atoms with Crippen molar-refractivity contribution in [3.05, 3.63) is 12.2 Å². The predicted molar refractivity (Wildman–Crippen MR) is 119 cm³/mol. The minimum atomic E-state index is -0.106. The van der Waals surface area contributed by atoms with E-state index in [1.54, 1.807) is 28.1 Å². The molecule has 0 unspecified atom stereocenters. The van der Waals surface area contributed by atoms with Crippen LogP contribution in [0.4, 0.5) is 0 Å². The molecule has 8 nitrogen and oxygen atoms in total. The molecular formula is C21H48Cl3N5O3. The van der Waals surface area contributed by atoms with Gasteiger partial charge in [0.25, 0.3) is 5.91 Å². The van der Waals surface area contributed by atoms with Gasteiger partial charge in [-0.25, -0.2) is 5.21 Å². The van der Waals surface area contributed by atoms with Crippen molar-refractivity contribution >= 4 is 11.8 Å². The summed E-state index contributed by atoms with van der Waals surface area (Å²) in [5, 5.41) is 14.3. The van der Waals surface area contributed by atoms with E-state index in [0.717, 1.165) is 37.0 Å². The lowest BCUT2D eigenvalue weighted by molar-refractivity contribution is -1.06. The summed E-state index contributed by atoms with van der Waals surface area (Å²) in [5.41, 5.74) is 0.521. The molecule has 0 bridgehead atoms. The van der Waals surface area contributed by atoms with Gasteiger partial charge in [-0.15, -0.1) is 0 Å². The molecule has 0 aromatic carbocycles. The maximum absolute atomic E-state index is 12.1. The van der Waals surface area contributed by atoms with Gasteiger partial charge in [0.1, 0.15) is 0 Å². The molecule has 11 heteroatoms. The molecule has 0 aliphatic rings. The SMILES string of the molecule is C=C(C)C(=O)NCCC[N+](C)(C)CC(=O)NCC[N+](C)(C)CCC.C[N+](C)(C)O.[Cl-].[Cl-].[Cl-]. The molecule has 32 heavy (non-hydrogen) atoms. The lowest BCUT2D eigenvalue weighted by Gasteiger charge is -2.31. The second-order valence-corrected chi connectivity index (χ2v) is 9.88. The van der Waals surface area contributed by atoms with Gasteiger partial charge in [0, 0.05) is 18.5 Å². The van der Waals surface area contributed by atoms with Crippen LogP contribution in [0.5, 0.6) is 0 Å². The Hall–Kier alpha value is -0.610. The summed E-state index contributed by atoms with van der Waals surface area (Å²) < 4.78 is 1.54. The molecule has 0 rings (SSSR count). The van der Waals surface area contributed by atoms with E-state index in [1.165, 1.54) is 0 Å². The number of halogens is 3. The minimum Gasteiger partial charge on any atom is -1.00 e. The fraction of sp³-hybridized carbons (Fsp3) is 0.810. The summed E-state index contributed by atoms with van der Waals surface area (Å²) in [5.74, 6) is -0.0201. The van der Waals surface area contributed by atoms with E-state index in [0.29, 0.717) is 29.7 Å². The topological polar surface area (TPSA) is 78.4 Å². The van der Waals surface area contributed by atoms with E-state index in [-0.39, 0.29) is 53.7 Å². The number of hydroxylamine groups is 3. The second kappa shape index (κ2) is 19.8. The van der Waals surface area contributed by atoms with E-state index in [1.807, 2.05) is 14.1 Å².